The second kappa shape index (κ2) is 5.80. The number of piperidine rings is 1. The maximum atomic E-state index is 3.69. The number of nitrogens with zero attached hydrogens (tertiary/aromatic N) is 1. The van der Waals surface area contributed by atoms with Gasteiger partial charge in [-0.05, 0) is 61.3 Å². The highest BCUT2D eigenvalue weighted by molar-refractivity contribution is 7.08. The third-order valence-corrected chi connectivity index (χ3v) is 4.49. The number of hydrogen-bond acceptors (Lipinski definition) is 3. The third kappa shape index (κ3) is 3.06. The predicted octanol–water partition coefficient (Wildman–Crippen LogP) is 2.63. The summed E-state index contributed by atoms with van der Waals surface area (Å²) in [5.74, 6) is 0. The minimum Gasteiger partial charge on any atom is -0.310 e. The highest BCUT2D eigenvalue weighted by Crippen LogP contribution is 2.15. The summed E-state index contributed by atoms with van der Waals surface area (Å²) in [6.45, 7) is 9.23. The van der Waals surface area contributed by atoms with Crippen LogP contribution in [0.1, 0.15) is 30.9 Å². The Bertz CT molecular complexity index is 313. The molecule has 0 saturated carbocycles. The first-order valence-electron chi connectivity index (χ1n) is 6.27. The van der Waals surface area contributed by atoms with Gasteiger partial charge in [0.05, 0.1) is 0 Å². The molecule has 2 rings (SSSR count). The fraction of sp³-hybridized carbons (Fsp3) is 0.692. The molecular weight excluding hydrogens is 216 g/mol. The van der Waals surface area contributed by atoms with Gasteiger partial charge in [0.25, 0.3) is 0 Å². The molecule has 1 aromatic heterocycles. The van der Waals surface area contributed by atoms with Crippen LogP contribution < -0.4 is 5.32 Å². The van der Waals surface area contributed by atoms with Gasteiger partial charge in [0.15, 0.2) is 0 Å². The number of thiophene rings is 1. The van der Waals surface area contributed by atoms with Gasteiger partial charge in [0.2, 0.25) is 0 Å². The molecule has 0 radical (unpaired) electrons. The standard InChI is InChI=1S/C13H22N2S/c1-3-15-6-4-13(5-7-15)14-8-12-10-16-9-11(12)2/h9-10,13-14H,3-8H2,1-2H3. The van der Waals surface area contributed by atoms with Crippen molar-refractivity contribution in [2.24, 2.45) is 0 Å². The Hall–Kier alpha value is -0.380. The van der Waals surface area contributed by atoms with E-state index in [1.54, 1.807) is 0 Å². The summed E-state index contributed by atoms with van der Waals surface area (Å²) in [4.78, 5) is 2.54. The number of aryl methyl sites for hydroxylation is 1. The lowest BCUT2D eigenvalue weighted by atomic mass is 10.0. The average molecular weight is 238 g/mol. The highest BCUT2D eigenvalue weighted by Gasteiger charge is 2.17. The van der Waals surface area contributed by atoms with Crippen molar-refractivity contribution < 1.29 is 0 Å². The molecule has 1 aromatic rings. The smallest absolute Gasteiger partial charge is 0.0218 e. The van der Waals surface area contributed by atoms with Crippen molar-refractivity contribution in [3.05, 3.63) is 21.9 Å². The summed E-state index contributed by atoms with van der Waals surface area (Å²) in [5.41, 5.74) is 2.91. The van der Waals surface area contributed by atoms with Crippen molar-refractivity contribution in [1.29, 1.82) is 0 Å². The van der Waals surface area contributed by atoms with Crippen LogP contribution in [0, 0.1) is 6.92 Å². The lowest BCUT2D eigenvalue weighted by molar-refractivity contribution is 0.206. The van der Waals surface area contributed by atoms with Gasteiger partial charge < -0.3 is 10.2 Å². The summed E-state index contributed by atoms with van der Waals surface area (Å²) in [6.07, 6.45) is 2.61. The van der Waals surface area contributed by atoms with Crippen molar-refractivity contribution in [3.63, 3.8) is 0 Å². The van der Waals surface area contributed by atoms with Gasteiger partial charge in [-0.2, -0.15) is 11.3 Å². The molecule has 2 heterocycles. The van der Waals surface area contributed by atoms with Crippen LogP contribution in [0.5, 0.6) is 0 Å². The second-order valence-corrected chi connectivity index (χ2v) is 5.41. The van der Waals surface area contributed by atoms with Crippen LogP contribution in [-0.2, 0) is 6.54 Å². The summed E-state index contributed by atoms with van der Waals surface area (Å²) < 4.78 is 0. The van der Waals surface area contributed by atoms with Crippen molar-refractivity contribution >= 4 is 11.3 Å². The summed E-state index contributed by atoms with van der Waals surface area (Å²) in [5, 5.41) is 8.19. The Morgan fingerprint density at radius 1 is 1.38 bits per heavy atom. The van der Waals surface area contributed by atoms with E-state index < -0.39 is 0 Å². The fourth-order valence-corrected chi connectivity index (χ4v) is 3.13. The Morgan fingerprint density at radius 2 is 2.12 bits per heavy atom. The summed E-state index contributed by atoms with van der Waals surface area (Å²) >= 11 is 1.81. The van der Waals surface area contributed by atoms with Crippen LogP contribution in [0.4, 0.5) is 0 Å². The van der Waals surface area contributed by atoms with E-state index >= 15 is 0 Å². The zero-order chi connectivity index (χ0) is 11.4. The number of hydrogen-bond donors (Lipinski definition) is 1. The number of rotatable bonds is 4. The molecule has 0 atom stereocenters. The maximum Gasteiger partial charge on any atom is 0.0218 e. The topological polar surface area (TPSA) is 15.3 Å². The lowest BCUT2D eigenvalue weighted by Crippen LogP contribution is -2.42. The van der Waals surface area contributed by atoms with Crippen molar-refractivity contribution in [2.75, 3.05) is 19.6 Å². The largest absolute Gasteiger partial charge is 0.310 e. The Kier molecular flexibility index (Phi) is 4.38. The molecule has 2 nitrogen and oxygen atoms in total. The third-order valence-electron chi connectivity index (χ3n) is 3.58. The van der Waals surface area contributed by atoms with Crippen LogP contribution in [0.25, 0.3) is 0 Å². The Morgan fingerprint density at radius 3 is 2.69 bits per heavy atom. The molecule has 0 bridgehead atoms. The van der Waals surface area contributed by atoms with Gasteiger partial charge in [-0.25, -0.2) is 0 Å². The van der Waals surface area contributed by atoms with Crippen LogP contribution in [0.15, 0.2) is 10.8 Å². The van der Waals surface area contributed by atoms with E-state index in [2.05, 4.69) is 34.8 Å². The summed E-state index contributed by atoms with van der Waals surface area (Å²) in [6, 6.07) is 0.724. The van der Waals surface area contributed by atoms with Gasteiger partial charge >= 0.3 is 0 Å². The zero-order valence-corrected chi connectivity index (χ0v) is 11.1. The first kappa shape index (κ1) is 12.1. The molecule has 0 aliphatic carbocycles. The molecule has 1 aliphatic heterocycles. The Balaban J connectivity index is 1.73. The van der Waals surface area contributed by atoms with Crippen molar-refractivity contribution in [2.45, 2.75) is 39.3 Å². The minimum atomic E-state index is 0.724. The van der Waals surface area contributed by atoms with Crippen molar-refractivity contribution in [3.8, 4) is 0 Å². The summed E-state index contributed by atoms with van der Waals surface area (Å²) in [7, 11) is 0. The van der Waals surface area contributed by atoms with E-state index in [9.17, 15) is 0 Å². The molecule has 0 unspecified atom stereocenters. The van der Waals surface area contributed by atoms with E-state index in [0.29, 0.717) is 0 Å². The molecule has 1 saturated heterocycles. The maximum absolute atomic E-state index is 3.69. The van der Waals surface area contributed by atoms with E-state index in [0.717, 1.165) is 12.6 Å². The number of likely N-dealkylation sites (tertiary alicyclic amines) is 1. The van der Waals surface area contributed by atoms with Crippen LogP contribution in [0.2, 0.25) is 0 Å². The van der Waals surface area contributed by atoms with Gasteiger partial charge in [0.1, 0.15) is 0 Å². The minimum absolute atomic E-state index is 0.724. The molecule has 1 fully saturated rings. The molecule has 16 heavy (non-hydrogen) atoms. The monoisotopic (exact) mass is 238 g/mol. The Labute approximate surface area is 103 Å². The molecular formula is C13H22N2S. The van der Waals surface area contributed by atoms with Crippen LogP contribution in [0.3, 0.4) is 0 Å². The quantitative estimate of drug-likeness (QED) is 0.867. The van der Waals surface area contributed by atoms with Crippen molar-refractivity contribution in [1.82, 2.24) is 10.2 Å². The predicted molar refractivity (Wildman–Crippen MR) is 71.0 cm³/mol. The van der Waals surface area contributed by atoms with E-state index in [4.69, 9.17) is 0 Å². The molecule has 1 aliphatic rings. The van der Waals surface area contributed by atoms with Gasteiger partial charge in [-0.15, -0.1) is 0 Å². The van der Waals surface area contributed by atoms with Crippen LogP contribution in [-0.4, -0.2) is 30.6 Å². The molecule has 0 spiro atoms. The first-order chi connectivity index (χ1) is 7.79. The molecule has 90 valence electrons. The van der Waals surface area contributed by atoms with Gasteiger partial charge in [0, 0.05) is 12.6 Å². The SMILES string of the molecule is CCN1CCC(NCc2cscc2C)CC1. The molecule has 0 amide bonds. The second-order valence-electron chi connectivity index (χ2n) is 4.67. The first-order valence-corrected chi connectivity index (χ1v) is 7.21. The normalized spacial score (nSPS) is 19.1. The van der Waals surface area contributed by atoms with E-state index in [1.165, 1.54) is 43.6 Å². The zero-order valence-electron chi connectivity index (χ0n) is 10.3. The molecule has 3 heteroatoms. The molecule has 0 aromatic carbocycles. The van der Waals surface area contributed by atoms with Crippen LogP contribution >= 0.6 is 11.3 Å². The average Bonchev–Trinajstić information content (AvgIpc) is 2.73. The van der Waals surface area contributed by atoms with E-state index in [1.807, 2.05) is 11.3 Å². The fourth-order valence-electron chi connectivity index (χ4n) is 2.28. The van der Waals surface area contributed by atoms with Gasteiger partial charge in [-0.1, -0.05) is 6.92 Å². The van der Waals surface area contributed by atoms with Gasteiger partial charge in [-0.3, -0.25) is 0 Å². The lowest BCUT2D eigenvalue weighted by Gasteiger charge is -2.31. The molecule has 1 N–H and O–H groups in total. The number of nitrogens with one attached hydrogen (secondary N) is 1. The highest BCUT2D eigenvalue weighted by atomic mass is 32.1. The van der Waals surface area contributed by atoms with E-state index in [-0.39, 0.29) is 0 Å².